The van der Waals surface area contributed by atoms with Gasteiger partial charge in [0.2, 0.25) is 10.0 Å². The van der Waals surface area contributed by atoms with E-state index >= 15 is 0 Å². The molecule has 2 aliphatic carbocycles. The summed E-state index contributed by atoms with van der Waals surface area (Å²) in [7, 11) is -2.94. The van der Waals surface area contributed by atoms with Crippen molar-refractivity contribution in [3.8, 4) is 0 Å². The Kier molecular flexibility index (Phi) is 26.5. The van der Waals surface area contributed by atoms with Crippen LogP contribution in [0.4, 0.5) is 0 Å². The normalized spacial score (nSPS) is 15.3. The molecule has 0 spiro atoms. The molecule has 2 fully saturated rings. The smallest absolute Gasteiger partial charge is 0.214 e. The molecular weight excluding hydrogens is 651 g/mol. The standard InChI is InChI=1S/C12H24O2.C12H18.C8H18.C6H13NO2S.C5H10.C2H6/c1-10(2)13-8-12(6-7-12)9-14-11(3,4)5;1-9(2)11-6-5-7-12(8-11)10(3)4;1-7(2,3)8(4,5)6;1-5(2)7-10(8,9)6-3-4-6;1-4-5(2)3;1-2/h10H,6-9H2,1-5H3;5-10H,1-4H3;1-6H3;5-7H,3-4H2,1-2H3;4-5H,1H2,2-3H3;1-2H3. The highest BCUT2D eigenvalue weighted by molar-refractivity contribution is 7.90. The number of ether oxygens (including phenoxy) is 2. The molecule has 0 aromatic heterocycles. The second kappa shape index (κ2) is 25.0. The lowest BCUT2D eigenvalue weighted by atomic mass is 9.71. The van der Waals surface area contributed by atoms with Crippen LogP contribution in [0.2, 0.25) is 0 Å². The van der Waals surface area contributed by atoms with Crippen LogP contribution in [0.5, 0.6) is 0 Å². The van der Waals surface area contributed by atoms with Crippen LogP contribution >= 0.6 is 0 Å². The Morgan fingerprint density at radius 1 is 0.784 bits per heavy atom. The molecule has 0 unspecified atom stereocenters. The Labute approximate surface area is 321 Å². The van der Waals surface area contributed by atoms with Crippen LogP contribution in [0.25, 0.3) is 0 Å². The minimum absolute atomic E-state index is 0.0204. The zero-order valence-corrected chi connectivity index (χ0v) is 38.7. The van der Waals surface area contributed by atoms with Gasteiger partial charge in [0.25, 0.3) is 0 Å². The summed E-state index contributed by atoms with van der Waals surface area (Å²) >= 11 is 0. The van der Waals surface area contributed by atoms with Gasteiger partial charge < -0.3 is 9.47 Å². The molecule has 1 aromatic carbocycles. The molecular formula is C45H89NO4S. The number of allylic oxidation sites excluding steroid dienone is 1. The lowest BCUT2D eigenvalue weighted by molar-refractivity contribution is -0.0541. The van der Waals surface area contributed by atoms with Gasteiger partial charge in [-0.05, 0) is 114 Å². The Morgan fingerprint density at radius 2 is 1.18 bits per heavy atom. The average molecular weight is 740 g/mol. The van der Waals surface area contributed by atoms with Crippen molar-refractivity contribution in [2.45, 2.75) is 206 Å². The third kappa shape index (κ3) is 29.9. The minimum atomic E-state index is -2.94. The van der Waals surface area contributed by atoms with Gasteiger partial charge in [0.05, 0.1) is 30.2 Å². The molecule has 0 atom stereocenters. The van der Waals surface area contributed by atoms with E-state index in [9.17, 15) is 8.42 Å². The molecule has 1 N–H and O–H groups in total. The van der Waals surface area contributed by atoms with E-state index in [1.54, 1.807) is 0 Å². The summed E-state index contributed by atoms with van der Waals surface area (Å²) in [6, 6.07) is 8.91. The third-order valence-electron chi connectivity index (χ3n) is 8.82. The highest BCUT2D eigenvalue weighted by Crippen LogP contribution is 2.46. The Hall–Kier alpha value is -1.21. The van der Waals surface area contributed by atoms with Gasteiger partial charge in [-0.2, -0.15) is 0 Å². The molecule has 3 rings (SSSR count). The fourth-order valence-corrected chi connectivity index (χ4v) is 4.91. The molecule has 0 heterocycles. The molecule has 2 aliphatic rings. The molecule has 6 heteroatoms. The van der Waals surface area contributed by atoms with Crippen LogP contribution in [0.1, 0.15) is 194 Å². The predicted molar refractivity (Wildman–Crippen MR) is 229 cm³/mol. The lowest BCUT2D eigenvalue weighted by Gasteiger charge is -2.34. The van der Waals surface area contributed by atoms with Gasteiger partial charge in [-0.25, -0.2) is 13.1 Å². The number of hydrogen-bond acceptors (Lipinski definition) is 4. The van der Waals surface area contributed by atoms with Gasteiger partial charge >= 0.3 is 0 Å². The van der Waals surface area contributed by atoms with E-state index in [0.29, 0.717) is 40.1 Å². The topological polar surface area (TPSA) is 64.6 Å². The molecule has 0 amide bonds. The van der Waals surface area contributed by atoms with Gasteiger partial charge in [-0.3, -0.25) is 0 Å². The van der Waals surface area contributed by atoms with Gasteiger partial charge in [0.1, 0.15) is 0 Å². The summed E-state index contributed by atoms with van der Waals surface area (Å²) in [6.45, 7) is 50.2. The number of rotatable bonds is 11. The maximum Gasteiger partial charge on any atom is 0.214 e. The molecule has 5 nitrogen and oxygen atoms in total. The molecule has 0 saturated heterocycles. The zero-order chi connectivity index (χ0) is 41.0. The van der Waals surface area contributed by atoms with Crippen LogP contribution in [0.3, 0.4) is 0 Å². The van der Waals surface area contributed by atoms with Crippen molar-refractivity contribution < 1.29 is 17.9 Å². The van der Waals surface area contributed by atoms with E-state index in [2.05, 4.69) is 153 Å². The van der Waals surface area contributed by atoms with Gasteiger partial charge in [0.15, 0.2) is 0 Å². The van der Waals surface area contributed by atoms with Crippen LogP contribution in [0.15, 0.2) is 36.9 Å². The van der Waals surface area contributed by atoms with Gasteiger partial charge in [-0.15, -0.1) is 6.58 Å². The van der Waals surface area contributed by atoms with Crippen molar-refractivity contribution in [1.82, 2.24) is 4.72 Å². The van der Waals surface area contributed by atoms with Crippen molar-refractivity contribution in [1.29, 1.82) is 0 Å². The van der Waals surface area contributed by atoms with Crippen molar-refractivity contribution in [2.24, 2.45) is 22.2 Å². The Morgan fingerprint density at radius 3 is 1.41 bits per heavy atom. The summed E-state index contributed by atoms with van der Waals surface area (Å²) in [5.74, 6) is 1.93. The number of hydrogen-bond donors (Lipinski definition) is 1. The quantitative estimate of drug-likeness (QED) is 0.230. The van der Waals surface area contributed by atoms with Crippen molar-refractivity contribution >= 4 is 10.0 Å². The van der Waals surface area contributed by atoms with E-state index in [0.717, 1.165) is 26.1 Å². The van der Waals surface area contributed by atoms with Crippen molar-refractivity contribution in [2.75, 3.05) is 13.2 Å². The second-order valence-corrected chi connectivity index (χ2v) is 20.7. The van der Waals surface area contributed by atoms with Gasteiger partial charge in [-0.1, -0.05) is 127 Å². The van der Waals surface area contributed by atoms with Crippen LogP contribution in [0, 0.1) is 22.2 Å². The monoisotopic (exact) mass is 740 g/mol. The first-order valence-corrected chi connectivity index (χ1v) is 21.5. The zero-order valence-electron chi connectivity index (χ0n) is 37.8. The minimum Gasteiger partial charge on any atom is -0.378 e. The van der Waals surface area contributed by atoms with E-state index < -0.39 is 10.0 Å². The molecule has 1 aromatic rings. The third-order valence-corrected chi connectivity index (χ3v) is 11.0. The molecule has 0 radical (unpaired) electrons. The van der Waals surface area contributed by atoms with Gasteiger partial charge in [0, 0.05) is 11.5 Å². The summed E-state index contributed by atoms with van der Waals surface area (Å²) in [4.78, 5) is 0. The van der Waals surface area contributed by atoms with Crippen molar-refractivity contribution in [3.63, 3.8) is 0 Å². The lowest BCUT2D eigenvalue weighted by Crippen LogP contribution is -2.32. The summed E-state index contributed by atoms with van der Waals surface area (Å²) in [6.07, 6.45) is 6.44. The fraction of sp³-hybridized carbons (Fsp3) is 0.822. The fourth-order valence-electron chi connectivity index (χ4n) is 3.30. The summed E-state index contributed by atoms with van der Waals surface area (Å²) in [5, 5.41) is -0.0881. The first kappa shape index (κ1) is 54.1. The first-order valence-electron chi connectivity index (χ1n) is 20.0. The maximum absolute atomic E-state index is 11.1. The molecule has 51 heavy (non-hydrogen) atoms. The highest BCUT2D eigenvalue weighted by atomic mass is 32.2. The van der Waals surface area contributed by atoms with E-state index in [1.165, 1.54) is 24.0 Å². The Balaban J connectivity index is -0.000000576. The Bertz CT molecular complexity index is 1090. The molecule has 2 saturated carbocycles. The first-order chi connectivity index (χ1) is 23.0. The summed E-state index contributed by atoms with van der Waals surface area (Å²) in [5.41, 5.74) is 4.09. The van der Waals surface area contributed by atoms with Crippen LogP contribution in [-0.4, -0.2) is 44.6 Å². The van der Waals surface area contributed by atoms with E-state index in [1.807, 2.05) is 33.8 Å². The number of benzene rings is 1. The molecule has 0 bridgehead atoms. The molecule has 304 valence electrons. The SMILES string of the molecule is C=CC(C)C.CC.CC(C)(C)C(C)(C)C.CC(C)NS(=O)(=O)C1CC1.CC(C)OCC1(COC(C)(C)C)CC1.CC(C)c1cccc(C(C)C)c1. The number of nitrogens with one attached hydrogen (secondary N) is 1. The maximum atomic E-state index is 11.1. The number of sulfonamides is 1. The van der Waals surface area contributed by atoms with Crippen LogP contribution in [-0.2, 0) is 19.5 Å². The second-order valence-electron chi connectivity index (χ2n) is 18.7. The predicted octanol–water partition coefficient (Wildman–Crippen LogP) is 13.3. The van der Waals surface area contributed by atoms with E-state index in [-0.39, 0.29) is 16.9 Å². The van der Waals surface area contributed by atoms with E-state index in [4.69, 9.17) is 9.47 Å². The van der Waals surface area contributed by atoms with Crippen LogP contribution < -0.4 is 4.72 Å². The largest absolute Gasteiger partial charge is 0.378 e. The average Bonchev–Trinajstić information content (AvgIpc) is 3.91. The molecule has 0 aliphatic heterocycles. The highest BCUT2D eigenvalue weighted by Gasteiger charge is 2.44. The van der Waals surface area contributed by atoms with Crippen molar-refractivity contribution in [3.05, 3.63) is 48.0 Å². The summed E-state index contributed by atoms with van der Waals surface area (Å²) < 4.78 is 36.2.